The van der Waals surface area contributed by atoms with E-state index in [1.807, 2.05) is 12.1 Å². The summed E-state index contributed by atoms with van der Waals surface area (Å²) >= 11 is 2.85. The summed E-state index contributed by atoms with van der Waals surface area (Å²) in [6.07, 6.45) is 2.67. The summed E-state index contributed by atoms with van der Waals surface area (Å²) in [5.74, 6) is -0.965. The van der Waals surface area contributed by atoms with Crippen molar-refractivity contribution in [3.05, 3.63) is 38.7 Å². The third kappa shape index (κ3) is 2.67. The molecule has 2 amide bonds. The van der Waals surface area contributed by atoms with Crippen molar-refractivity contribution >= 4 is 40.9 Å². The summed E-state index contributed by atoms with van der Waals surface area (Å²) in [5, 5.41) is 9.89. The maximum Gasteiger partial charge on any atom is 0.305 e. The molecule has 8 nitrogen and oxygen atoms in total. The first-order chi connectivity index (χ1) is 15.0. The number of aliphatic carboxylic acids is 1. The Kier molecular flexibility index (Phi) is 4.27. The molecule has 162 valence electrons. The van der Waals surface area contributed by atoms with Crippen molar-refractivity contribution in [3.8, 4) is 0 Å². The van der Waals surface area contributed by atoms with Crippen LogP contribution in [0, 0.1) is 29.6 Å². The van der Waals surface area contributed by atoms with Crippen LogP contribution in [0.4, 0.5) is 0 Å². The lowest BCUT2D eigenvalue weighted by molar-refractivity contribution is -0.142. The number of aromatic amines is 1. The number of fused-ring (bicyclic) bond motifs is 9. The van der Waals surface area contributed by atoms with Gasteiger partial charge in [-0.2, -0.15) is 0 Å². The quantitative estimate of drug-likeness (QED) is 0.657. The second-order valence-electron chi connectivity index (χ2n) is 8.80. The smallest absolute Gasteiger partial charge is 0.305 e. The second-order valence-corrected chi connectivity index (χ2v) is 11.0. The topological polar surface area (TPSA) is 121 Å². The monoisotopic (exact) mass is 460 g/mol. The van der Waals surface area contributed by atoms with Crippen LogP contribution < -0.4 is 4.87 Å². The standard InChI is InChI=1S/C21H20N2O6S2/c24-11(25)4-1-5-23-19(26)13-8-7-9(14(13)20(23)27)16-12(8)15(10-3-2-6-29-10)17-18(30-16)22-21(28)31-17/h2-3,6,8-9,12-16H,1,4-5,7H2,(H,22,28)(H,24,25)/t8?,9?,12?,13?,14?,15-,16?/m1/s1. The van der Waals surface area contributed by atoms with Gasteiger partial charge in [0.2, 0.25) is 11.8 Å². The van der Waals surface area contributed by atoms with Crippen LogP contribution in [0.2, 0.25) is 0 Å². The molecule has 10 heteroatoms. The molecule has 2 aromatic rings. The van der Waals surface area contributed by atoms with Gasteiger partial charge in [-0.1, -0.05) is 11.3 Å². The minimum Gasteiger partial charge on any atom is -0.481 e. The third-order valence-corrected chi connectivity index (χ3v) is 10.0. The number of aromatic nitrogens is 1. The van der Waals surface area contributed by atoms with Gasteiger partial charge in [0.15, 0.2) is 0 Å². The van der Waals surface area contributed by atoms with Crippen molar-refractivity contribution in [3.63, 3.8) is 0 Å². The summed E-state index contributed by atoms with van der Waals surface area (Å²) in [4.78, 5) is 54.5. The van der Waals surface area contributed by atoms with Crippen LogP contribution in [-0.4, -0.2) is 44.6 Å². The highest BCUT2D eigenvalue weighted by Gasteiger charge is 2.69. The number of thiazole rings is 1. The van der Waals surface area contributed by atoms with Gasteiger partial charge >= 0.3 is 10.8 Å². The molecule has 31 heavy (non-hydrogen) atoms. The molecule has 7 atom stereocenters. The summed E-state index contributed by atoms with van der Waals surface area (Å²) in [7, 11) is 0. The van der Waals surface area contributed by atoms with Gasteiger partial charge in [-0.25, -0.2) is 0 Å². The normalized spacial score (nSPS) is 35.4. The lowest BCUT2D eigenvalue weighted by Gasteiger charge is -2.42. The number of amides is 2. The Morgan fingerprint density at radius 1 is 1.23 bits per heavy atom. The zero-order valence-corrected chi connectivity index (χ0v) is 18.0. The molecule has 4 heterocycles. The molecule has 2 bridgehead atoms. The molecular weight excluding hydrogens is 440 g/mol. The zero-order valence-electron chi connectivity index (χ0n) is 16.4. The fourth-order valence-corrected chi connectivity index (χ4v) is 9.34. The number of rotatable bonds is 5. The zero-order chi connectivity index (χ0) is 21.4. The number of H-pyrrole nitrogens is 1. The van der Waals surface area contributed by atoms with Crippen molar-refractivity contribution in [2.24, 2.45) is 29.6 Å². The summed E-state index contributed by atoms with van der Waals surface area (Å²) in [6.45, 7) is 0.168. The molecule has 2 saturated carbocycles. The third-order valence-electron chi connectivity index (χ3n) is 7.44. The second kappa shape index (κ2) is 6.83. The lowest BCUT2D eigenvalue weighted by atomic mass is 9.69. The van der Waals surface area contributed by atoms with Crippen molar-refractivity contribution < 1.29 is 23.9 Å². The molecular formula is C21H20N2O6S2. The molecule has 2 aliphatic heterocycles. The van der Waals surface area contributed by atoms with E-state index >= 15 is 0 Å². The Labute approximate surface area is 185 Å². The van der Waals surface area contributed by atoms with E-state index in [0.29, 0.717) is 0 Å². The van der Waals surface area contributed by atoms with E-state index < -0.39 is 5.97 Å². The van der Waals surface area contributed by atoms with Gasteiger partial charge in [-0.15, -0.1) is 11.8 Å². The van der Waals surface area contributed by atoms with Crippen LogP contribution in [0.5, 0.6) is 0 Å². The number of likely N-dealkylation sites (tertiary alicyclic amines) is 1. The Bertz CT molecular complexity index is 1140. The Morgan fingerprint density at radius 2 is 2.00 bits per heavy atom. The molecule has 0 radical (unpaired) electrons. The molecule has 1 saturated heterocycles. The fraction of sp³-hybridized carbons (Fsp3) is 0.524. The molecule has 6 unspecified atom stereocenters. The van der Waals surface area contributed by atoms with Crippen LogP contribution >= 0.6 is 23.1 Å². The number of thioether (sulfide) groups is 1. The van der Waals surface area contributed by atoms with E-state index in [4.69, 9.17) is 9.52 Å². The van der Waals surface area contributed by atoms with E-state index in [9.17, 15) is 19.2 Å². The molecule has 4 aliphatic rings. The number of furan rings is 1. The Balaban J connectivity index is 1.36. The fourth-order valence-electron chi connectivity index (χ4n) is 6.47. The van der Waals surface area contributed by atoms with Crippen LogP contribution in [0.1, 0.15) is 35.8 Å². The highest BCUT2D eigenvalue weighted by molar-refractivity contribution is 8.00. The molecule has 3 fully saturated rings. The summed E-state index contributed by atoms with van der Waals surface area (Å²) in [5.41, 5.74) is 0. The first-order valence-electron chi connectivity index (χ1n) is 10.5. The number of nitrogens with zero attached hydrogens (tertiary/aromatic N) is 1. The number of imide groups is 1. The number of carbonyl (C=O) groups is 3. The van der Waals surface area contributed by atoms with Gasteiger partial charge in [0.25, 0.3) is 0 Å². The molecule has 0 aromatic carbocycles. The number of nitrogens with one attached hydrogen (secondary N) is 1. The minimum absolute atomic E-state index is 0.0499. The lowest BCUT2D eigenvalue weighted by Crippen LogP contribution is -2.42. The van der Waals surface area contributed by atoms with E-state index in [1.165, 1.54) is 16.2 Å². The SMILES string of the molecule is O=C(O)CCCN1C(=O)C2C3CC(C2C1=O)C1C3Sc2[nH]c(=O)sc2[C@@H]1c1ccco1. The maximum atomic E-state index is 13.3. The number of carbonyl (C=O) groups excluding carboxylic acids is 2. The van der Waals surface area contributed by atoms with E-state index in [1.54, 1.807) is 18.0 Å². The molecule has 2 aliphatic carbocycles. The minimum atomic E-state index is -0.928. The maximum absolute atomic E-state index is 13.3. The largest absolute Gasteiger partial charge is 0.481 e. The predicted molar refractivity (Wildman–Crippen MR) is 111 cm³/mol. The average molecular weight is 461 g/mol. The van der Waals surface area contributed by atoms with Crippen molar-refractivity contribution in [1.29, 1.82) is 0 Å². The van der Waals surface area contributed by atoms with Crippen LogP contribution in [0.25, 0.3) is 0 Å². The van der Waals surface area contributed by atoms with Gasteiger partial charge in [0.1, 0.15) is 5.76 Å². The van der Waals surface area contributed by atoms with E-state index in [2.05, 4.69) is 4.98 Å². The Morgan fingerprint density at radius 3 is 2.71 bits per heavy atom. The molecule has 2 aromatic heterocycles. The number of hydrogen-bond acceptors (Lipinski definition) is 7. The summed E-state index contributed by atoms with van der Waals surface area (Å²) < 4.78 is 5.77. The van der Waals surface area contributed by atoms with Crippen LogP contribution in [-0.2, 0) is 14.4 Å². The molecule has 0 spiro atoms. The average Bonchev–Trinajstić information content (AvgIpc) is 3.51. The highest BCUT2D eigenvalue weighted by Crippen LogP contribution is 2.68. The first-order valence-corrected chi connectivity index (χ1v) is 12.2. The van der Waals surface area contributed by atoms with Crippen molar-refractivity contribution in [2.45, 2.75) is 35.5 Å². The number of hydrogen-bond donors (Lipinski definition) is 2. The van der Waals surface area contributed by atoms with Gasteiger partial charge in [0, 0.05) is 18.2 Å². The van der Waals surface area contributed by atoms with Crippen molar-refractivity contribution in [1.82, 2.24) is 9.88 Å². The predicted octanol–water partition coefficient (Wildman–Crippen LogP) is 2.37. The van der Waals surface area contributed by atoms with E-state index in [-0.39, 0.29) is 76.8 Å². The van der Waals surface area contributed by atoms with Gasteiger partial charge in [-0.05, 0) is 42.7 Å². The van der Waals surface area contributed by atoms with Crippen molar-refractivity contribution in [2.75, 3.05) is 6.54 Å². The van der Waals surface area contributed by atoms with Crippen LogP contribution in [0.15, 0.2) is 32.6 Å². The van der Waals surface area contributed by atoms with Gasteiger partial charge in [0.05, 0.1) is 33.9 Å². The highest BCUT2D eigenvalue weighted by atomic mass is 32.2. The number of carboxylic acids is 1. The Hall–Kier alpha value is -2.33. The molecule has 6 rings (SSSR count). The molecule has 2 N–H and O–H groups in total. The first kappa shape index (κ1) is 19.4. The van der Waals surface area contributed by atoms with Gasteiger partial charge in [-0.3, -0.25) is 24.1 Å². The van der Waals surface area contributed by atoms with E-state index in [0.717, 1.165) is 22.1 Å². The van der Waals surface area contributed by atoms with Crippen LogP contribution in [0.3, 0.4) is 0 Å². The van der Waals surface area contributed by atoms with Gasteiger partial charge < -0.3 is 14.5 Å². The number of carboxylic acid groups (broad SMARTS) is 1. The summed E-state index contributed by atoms with van der Waals surface area (Å²) in [6, 6.07) is 3.76.